The Morgan fingerprint density at radius 3 is 2.48 bits per heavy atom. The van der Waals surface area contributed by atoms with Gasteiger partial charge in [-0.15, -0.1) is 0 Å². The first-order valence-electron chi connectivity index (χ1n) is 9.21. The first kappa shape index (κ1) is 20.1. The van der Waals surface area contributed by atoms with Crippen LogP contribution in [0.1, 0.15) is 23.1 Å². The maximum atomic E-state index is 12.5. The van der Waals surface area contributed by atoms with Crippen LogP contribution in [-0.4, -0.2) is 41.0 Å². The van der Waals surface area contributed by atoms with E-state index >= 15 is 0 Å². The average molecular weight is 394 g/mol. The number of ether oxygens (including phenoxy) is 1. The van der Waals surface area contributed by atoms with Crippen LogP contribution in [0.5, 0.6) is 0 Å². The lowest BCUT2D eigenvalue weighted by atomic mass is 10.2. The molecule has 150 valence electrons. The second-order valence-electron chi connectivity index (χ2n) is 6.34. The minimum Gasteiger partial charge on any atom is -0.468 e. The number of amides is 2. The topological polar surface area (TPSA) is 102 Å². The molecule has 8 nitrogen and oxygen atoms in total. The number of nitrogens with one attached hydrogen (secondary N) is 2. The summed E-state index contributed by atoms with van der Waals surface area (Å²) >= 11 is 0. The van der Waals surface area contributed by atoms with Crippen LogP contribution >= 0.6 is 0 Å². The molecule has 0 radical (unpaired) electrons. The number of carbonyl (C=O) groups excluding carboxylic acids is 3. The molecule has 1 heterocycles. The van der Waals surface area contributed by atoms with Crippen molar-refractivity contribution in [2.24, 2.45) is 0 Å². The van der Waals surface area contributed by atoms with E-state index < -0.39 is 11.9 Å². The van der Waals surface area contributed by atoms with Crippen LogP contribution in [0.3, 0.4) is 0 Å². The molecule has 0 unspecified atom stereocenters. The predicted octanol–water partition coefficient (Wildman–Crippen LogP) is 2.14. The summed E-state index contributed by atoms with van der Waals surface area (Å²) in [6.07, 6.45) is 0.720. The van der Waals surface area contributed by atoms with Crippen molar-refractivity contribution >= 4 is 34.5 Å². The number of hydrogen-bond donors (Lipinski definition) is 2. The molecular formula is C21H22N4O4. The van der Waals surface area contributed by atoms with Gasteiger partial charge in [-0.2, -0.15) is 0 Å². The molecule has 0 saturated carbocycles. The highest BCUT2D eigenvalue weighted by Crippen LogP contribution is 2.17. The van der Waals surface area contributed by atoms with Crippen LogP contribution < -0.4 is 10.6 Å². The van der Waals surface area contributed by atoms with E-state index in [1.165, 1.54) is 7.11 Å². The first-order valence-corrected chi connectivity index (χ1v) is 9.21. The van der Waals surface area contributed by atoms with Gasteiger partial charge in [0.2, 0.25) is 5.91 Å². The van der Waals surface area contributed by atoms with Crippen molar-refractivity contribution in [3.05, 3.63) is 59.9 Å². The molecule has 29 heavy (non-hydrogen) atoms. The lowest BCUT2D eigenvalue weighted by Gasteiger charge is -2.10. The van der Waals surface area contributed by atoms with Gasteiger partial charge < -0.3 is 19.9 Å². The van der Waals surface area contributed by atoms with E-state index in [1.807, 2.05) is 35.8 Å². The molecule has 0 aliphatic carbocycles. The Hall–Kier alpha value is -3.68. The zero-order valence-corrected chi connectivity index (χ0v) is 16.3. The third kappa shape index (κ3) is 4.78. The van der Waals surface area contributed by atoms with E-state index in [4.69, 9.17) is 0 Å². The Labute approximate surface area is 167 Å². The monoisotopic (exact) mass is 394 g/mol. The van der Waals surface area contributed by atoms with Gasteiger partial charge in [-0.05, 0) is 36.4 Å². The molecule has 8 heteroatoms. The minimum absolute atomic E-state index is 0.144. The zero-order valence-electron chi connectivity index (χ0n) is 16.3. The van der Waals surface area contributed by atoms with Crippen molar-refractivity contribution in [3.63, 3.8) is 0 Å². The van der Waals surface area contributed by atoms with Crippen LogP contribution in [0.2, 0.25) is 0 Å². The second-order valence-corrected chi connectivity index (χ2v) is 6.34. The molecule has 3 aromatic rings. The molecule has 0 fully saturated rings. The zero-order chi connectivity index (χ0) is 20.8. The molecule has 0 aliphatic rings. The highest BCUT2D eigenvalue weighted by Gasteiger charge is 2.13. The SMILES string of the molecule is CCc1nc2ccccc2n1CC(=O)Nc1ccc(C(=O)NCC(=O)OC)cc1. The Bertz CT molecular complexity index is 1040. The molecule has 0 aliphatic heterocycles. The predicted molar refractivity (Wildman–Crippen MR) is 109 cm³/mol. The molecule has 2 aromatic carbocycles. The summed E-state index contributed by atoms with van der Waals surface area (Å²) in [5.41, 5.74) is 2.72. The van der Waals surface area contributed by atoms with Gasteiger partial charge in [0.05, 0.1) is 18.1 Å². The van der Waals surface area contributed by atoms with Gasteiger partial charge in [-0.3, -0.25) is 14.4 Å². The number of hydrogen-bond acceptors (Lipinski definition) is 5. The highest BCUT2D eigenvalue weighted by atomic mass is 16.5. The van der Waals surface area contributed by atoms with Crippen LogP contribution in [0.4, 0.5) is 5.69 Å². The summed E-state index contributed by atoms with van der Waals surface area (Å²) in [5.74, 6) is -0.267. The number of carbonyl (C=O) groups is 3. The quantitative estimate of drug-likeness (QED) is 0.598. The Kier molecular flexibility index (Phi) is 6.23. The number of aryl methyl sites for hydroxylation is 1. The summed E-state index contributed by atoms with van der Waals surface area (Å²) < 4.78 is 6.38. The third-order valence-electron chi connectivity index (χ3n) is 4.40. The summed E-state index contributed by atoms with van der Waals surface area (Å²) in [6.45, 7) is 1.94. The standard InChI is InChI=1S/C21H22N4O4/c1-3-18-24-16-6-4-5-7-17(16)25(18)13-19(26)23-15-10-8-14(9-11-15)21(28)22-12-20(27)29-2/h4-11H,3,12-13H2,1-2H3,(H,22,28)(H,23,26). The van der Waals surface area contributed by atoms with Gasteiger partial charge >= 0.3 is 5.97 Å². The van der Waals surface area contributed by atoms with E-state index in [2.05, 4.69) is 20.4 Å². The normalized spacial score (nSPS) is 10.6. The van der Waals surface area contributed by atoms with Crippen LogP contribution in [0.25, 0.3) is 11.0 Å². The second kappa shape index (κ2) is 9.01. The molecule has 0 bridgehead atoms. The third-order valence-corrected chi connectivity index (χ3v) is 4.40. The lowest BCUT2D eigenvalue weighted by molar-refractivity contribution is -0.139. The highest BCUT2D eigenvalue weighted by molar-refractivity contribution is 5.97. The van der Waals surface area contributed by atoms with Crippen LogP contribution in [0.15, 0.2) is 48.5 Å². The number of anilines is 1. The number of nitrogens with zero attached hydrogens (tertiary/aromatic N) is 2. The molecule has 3 rings (SSSR count). The number of para-hydroxylation sites is 2. The van der Waals surface area contributed by atoms with Gasteiger partial charge in [0, 0.05) is 17.7 Å². The van der Waals surface area contributed by atoms with Gasteiger partial charge in [0.1, 0.15) is 18.9 Å². The van der Waals surface area contributed by atoms with E-state index in [1.54, 1.807) is 24.3 Å². The number of benzene rings is 2. The molecule has 0 saturated heterocycles. The fourth-order valence-corrected chi connectivity index (χ4v) is 2.95. The summed E-state index contributed by atoms with van der Waals surface area (Å²) in [7, 11) is 1.25. The Morgan fingerprint density at radius 2 is 1.79 bits per heavy atom. The maximum absolute atomic E-state index is 12.5. The number of aromatic nitrogens is 2. The van der Waals surface area contributed by atoms with Crippen molar-refractivity contribution in [2.75, 3.05) is 19.0 Å². The number of esters is 1. The van der Waals surface area contributed by atoms with Gasteiger partial charge in [0.25, 0.3) is 5.91 Å². The lowest BCUT2D eigenvalue weighted by Crippen LogP contribution is -2.30. The van der Waals surface area contributed by atoms with E-state index in [0.29, 0.717) is 11.3 Å². The van der Waals surface area contributed by atoms with Crippen molar-refractivity contribution < 1.29 is 19.1 Å². The fourth-order valence-electron chi connectivity index (χ4n) is 2.95. The van der Waals surface area contributed by atoms with E-state index in [0.717, 1.165) is 23.3 Å². The fraction of sp³-hybridized carbons (Fsp3) is 0.238. The average Bonchev–Trinajstić information content (AvgIpc) is 3.09. The van der Waals surface area contributed by atoms with Crippen LogP contribution in [-0.2, 0) is 27.3 Å². The number of methoxy groups -OCH3 is 1. The van der Waals surface area contributed by atoms with Crippen molar-refractivity contribution in [2.45, 2.75) is 19.9 Å². The first-order chi connectivity index (χ1) is 14.0. The molecule has 2 N–H and O–H groups in total. The number of imidazole rings is 1. The van der Waals surface area contributed by atoms with E-state index in [-0.39, 0.29) is 19.0 Å². The Morgan fingerprint density at radius 1 is 1.07 bits per heavy atom. The van der Waals surface area contributed by atoms with Gasteiger partial charge in [-0.1, -0.05) is 19.1 Å². The maximum Gasteiger partial charge on any atom is 0.325 e. The van der Waals surface area contributed by atoms with Crippen molar-refractivity contribution in [3.8, 4) is 0 Å². The number of rotatable bonds is 7. The molecular weight excluding hydrogens is 372 g/mol. The largest absolute Gasteiger partial charge is 0.468 e. The minimum atomic E-state index is -0.527. The number of fused-ring (bicyclic) bond motifs is 1. The van der Waals surface area contributed by atoms with Crippen molar-refractivity contribution in [1.82, 2.24) is 14.9 Å². The molecule has 1 aromatic heterocycles. The molecule has 2 amide bonds. The summed E-state index contributed by atoms with van der Waals surface area (Å²) in [6, 6.07) is 14.1. The smallest absolute Gasteiger partial charge is 0.325 e. The van der Waals surface area contributed by atoms with E-state index in [9.17, 15) is 14.4 Å². The summed E-state index contributed by atoms with van der Waals surface area (Å²) in [5, 5.41) is 5.29. The van der Waals surface area contributed by atoms with Crippen LogP contribution in [0, 0.1) is 0 Å². The molecule has 0 spiro atoms. The van der Waals surface area contributed by atoms with Crippen molar-refractivity contribution in [1.29, 1.82) is 0 Å². The van der Waals surface area contributed by atoms with Gasteiger partial charge in [0.15, 0.2) is 0 Å². The molecule has 0 atom stereocenters. The summed E-state index contributed by atoms with van der Waals surface area (Å²) in [4.78, 5) is 40.2. The van der Waals surface area contributed by atoms with Gasteiger partial charge in [-0.25, -0.2) is 4.98 Å². The Balaban J connectivity index is 1.64.